The Bertz CT molecular complexity index is 511. The Morgan fingerprint density at radius 3 is 3.12 bits per heavy atom. The van der Waals surface area contributed by atoms with Crippen LogP contribution < -0.4 is 10.6 Å². The zero-order valence-electron chi connectivity index (χ0n) is 9.39. The lowest BCUT2D eigenvalue weighted by atomic mass is 10.5. The van der Waals surface area contributed by atoms with Crippen LogP contribution in [-0.4, -0.2) is 20.5 Å². The zero-order valence-corrected chi connectivity index (χ0v) is 10.2. The number of fused-ring (bicyclic) bond motifs is 1. The van der Waals surface area contributed by atoms with Crippen molar-refractivity contribution in [1.29, 1.82) is 0 Å². The fourth-order valence-electron chi connectivity index (χ4n) is 1.71. The Labute approximate surface area is 105 Å². The largest absolute Gasteiger partial charge is 0.360 e. The lowest BCUT2D eigenvalue weighted by molar-refractivity contribution is 0.817. The summed E-state index contributed by atoms with van der Waals surface area (Å²) in [5.41, 5.74) is 1.96. The van der Waals surface area contributed by atoms with E-state index in [-0.39, 0.29) is 0 Å². The van der Waals surface area contributed by atoms with Crippen molar-refractivity contribution in [1.82, 2.24) is 20.0 Å². The second-order valence-corrected chi connectivity index (χ2v) is 4.71. The lowest BCUT2D eigenvalue weighted by Crippen LogP contribution is -2.36. The first kappa shape index (κ1) is 10.5. The molecule has 0 saturated heterocycles. The SMILES string of the molecule is S=C(NCc1cn2ccccc2n1)NC1CC1. The van der Waals surface area contributed by atoms with Crippen LogP contribution in [0, 0.1) is 0 Å². The van der Waals surface area contributed by atoms with Gasteiger partial charge in [-0.2, -0.15) is 0 Å². The first-order valence-corrected chi connectivity index (χ1v) is 6.19. The summed E-state index contributed by atoms with van der Waals surface area (Å²) in [7, 11) is 0. The number of hydrogen-bond donors (Lipinski definition) is 2. The minimum Gasteiger partial charge on any atom is -0.360 e. The maximum absolute atomic E-state index is 5.19. The van der Waals surface area contributed by atoms with Gasteiger partial charge in [-0.15, -0.1) is 0 Å². The van der Waals surface area contributed by atoms with Gasteiger partial charge in [-0.25, -0.2) is 4.98 Å². The van der Waals surface area contributed by atoms with Crippen molar-refractivity contribution in [2.24, 2.45) is 0 Å². The average Bonchev–Trinajstić information content (AvgIpc) is 3.03. The van der Waals surface area contributed by atoms with Gasteiger partial charge >= 0.3 is 0 Å². The molecule has 0 bridgehead atoms. The topological polar surface area (TPSA) is 41.4 Å². The van der Waals surface area contributed by atoms with Crippen LogP contribution in [0.15, 0.2) is 30.6 Å². The van der Waals surface area contributed by atoms with Gasteiger partial charge in [0.05, 0.1) is 12.2 Å². The van der Waals surface area contributed by atoms with Crippen molar-refractivity contribution in [3.63, 3.8) is 0 Å². The van der Waals surface area contributed by atoms with Gasteiger partial charge in [-0.1, -0.05) is 6.07 Å². The standard InChI is InChI=1S/C12H14N4S/c17-12(15-9-4-5-9)13-7-10-8-16-6-2-1-3-11(16)14-10/h1-3,6,8-9H,4-5,7H2,(H2,13,15,17). The highest BCUT2D eigenvalue weighted by molar-refractivity contribution is 7.80. The van der Waals surface area contributed by atoms with E-state index < -0.39 is 0 Å². The molecule has 2 heterocycles. The van der Waals surface area contributed by atoms with Gasteiger partial charge in [0, 0.05) is 18.4 Å². The maximum Gasteiger partial charge on any atom is 0.166 e. The molecule has 5 heteroatoms. The smallest absolute Gasteiger partial charge is 0.166 e. The third-order valence-corrected chi connectivity index (χ3v) is 3.02. The lowest BCUT2D eigenvalue weighted by Gasteiger charge is -2.07. The number of nitrogens with zero attached hydrogens (tertiary/aromatic N) is 2. The number of nitrogens with one attached hydrogen (secondary N) is 2. The van der Waals surface area contributed by atoms with Crippen molar-refractivity contribution >= 4 is 23.0 Å². The summed E-state index contributed by atoms with van der Waals surface area (Å²) < 4.78 is 2.01. The van der Waals surface area contributed by atoms with E-state index in [4.69, 9.17) is 12.2 Å². The Morgan fingerprint density at radius 2 is 2.35 bits per heavy atom. The third kappa shape index (κ3) is 2.55. The molecule has 3 rings (SSSR count). The number of imidazole rings is 1. The number of hydrogen-bond acceptors (Lipinski definition) is 2. The Balaban J connectivity index is 1.61. The van der Waals surface area contributed by atoms with E-state index in [2.05, 4.69) is 15.6 Å². The molecule has 0 aromatic carbocycles. The molecule has 0 aliphatic heterocycles. The second kappa shape index (κ2) is 4.33. The molecule has 2 aromatic rings. The van der Waals surface area contributed by atoms with E-state index in [9.17, 15) is 0 Å². The van der Waals surface area contributed by atoms with Gasteiger partial charge in [0.2, 0.25) is 0 Å². The van der Waals surface area contributed by atoms with E-state index in [0.717, 1.165) is 16.5 Å². The van der Waals surface area contributed by atoms with Crippen LogP contribution in [0.3, 0.4) is 0 Å². The van der Waals surface area contributed by atoms with Crippen molar-refractivity contribution in [2.75, 3.05) is 0 Å². The molecule has 1 saturated carbocycles. The molecule has 1 fully saturated rings. The highest BCUT2D eigenvalue weighted by Gasteiger charge is 2.21. The maximum atomic E-state index is 5.19. The molecule has 1 aliphatic rings. The summed E-state index contributed by atoms with van der Waals surface area (Å²) >= 11 is 5.19. The first-order valence-electron chi connectivity index (χ1n) is 5.78. The third-order valence-electron chi connectivity index (χ3n) is 2.76. The Hall–Kier alpha value is -1.62. The fourth-order valence-corrected chi connectivity index (χ4v) is 1.95. The van der Waals surface area contributed by atoms with E-state index in [1.54, 1.807) is 0 Å². The van der Waals surface area contributed by atoms with E-state index >= 15 is 0 Å². The normalized spacial score (nSPS) is 14.8. The van der Waals surface area contributed by atoms with Crippen molar-refractivity contribution in [3.05, 3.63) is 36.3 Å². The highest BCUT2D eigenvalue weighted by Crippen LogP contribution is 2.18. The van der Waals surface area contributed by atoms with Crippen LogP contribution in [0.4, 0.5) is 0 Å². The molecule has 0 radical (unpaired) electrons. The summed E-state index contributed by atoms with van der Waals surface area (Å²) in [6.07, 6.45) is 6.47. The molecular formula is C12H14N4S. The Morgan fingerprint density at radius 1 is 1.47 bits per heavy atom. The van der Waals surface area contributed by atoms with Crippen LogP contribution in [0.25, 0.3) is 5.65 Å². The summed E-state index contributed by atoms with van der Waals surface area (Å²) in [4.78, 5) is 4.49. The zero-order chi connectivity index (χ0) is 11.7. The monoisotopic (exact) mass is 246 g/mol. The molecule has 2 N–H and O–H groups in total. The van der Waals surface area contributed by atoms with Crippen molar-refractivity contribution < 1.29 is 0 Å². The fraction of sp³-hybridized carbons (Fsp3) is 0.333. The van der Waals surface area contributed by atoms with Gasteiger partial charge in [0.25, 0.3) is 0 Å². The van der Waals surface area contributed by atoms with Gasteiger partial charge in [-0.3, -0.25) is 0 Å². The molecule has 2 aromatic heterocycles. The summed E-state index contributed by atoms with van der Waals surface area (Å²) in [6.45, 7) is 0.667. The van der Waals surface area contributed by atoms with Gasteiger partial charge < -0.3 is 15.0 Å². The predicted octanol–water partition coefficient (Wildman–Crippen LogP) is 1.46. The van der Waals surface area contributed by atoms with Crippen LogP contribution >= 0.6 is 12.2 Å². The van der Waals surface area contributed by atoms with Crippen molar-refractivity contribution in [2.45, 2.75) is 25.4 Å². The van der Waals surface area contributed by atoms with Crippen LogP contribution in [0.1, 0.15) is 18.5 Å². The summed E-state index contributed by atoms with van der Waals surface area (Å²) in [5, 5.41) is 7.15. The molecular weight excluding hydrogens is 232 g/mol. The molecule has 0 atom stereocenters. The number of pyridine rings is 1. The van der Waals surface area contributed by atoms with Gasteiger partial charge in [0.15, 0.2) is 5.11 Å². The van der Waals surface area contributed by atoms with E-state index in [0.29, 0.717) is 12.6 Å². The average molecular weight is 246 g/mol. The van der Waals surface area contributed by atoms with E-state index in [1.807, 2.05) is 35.0 Å². The molecule has 1 aliphatic carbocycles. The minimum absolute atomic E-state index is 0.594. The van der Waals surface area contributed by atoms with Crippen molar-refractivity contribution in [3.8, 4) is 0 Å². The Kier molecular flexibility index (Phi) is 2.68. The minimum atomic E-state index is 0.594. The quantitative estimate of drug-likeness (QED) is 0.805. The first-order chi connectivity index (χ1) is 8.31. The highest BCUT2D eigenvalue weighted by atomic mass is 32.1. The predicted molar refractivity (Wildman–Crippen MR) is 70.8 cm³/mol. The molecule has 17 heavy (non-hydrogen) atoms. The summed E-state index contributed by atoms with van der Waals surface area (Å²) in [5.74, 6) is 0. The molecule has 88 valence electrons. The van der Waals surface area contributed by atoms with Gasteiger partial charge in [0.1, 0.15) is 5.65 Å². The van der Waals surface area contributed by atoms with Crippen LogP contribution in [0.2, 0.25) is 0 Å². The number of aromatic nitrogens is 2. The van der Waals surface area contributed by atoms with Crippen LogP contribution in [-0.2, 0) is 6.54 Å². The van der Waals surface area contributed by atoms with E-state index in [1.165, 1.54) is 12.8 Å². The molecule has 4 nitrogen and oxygen atoms in total. The number of rotatable bonds is 3. The molecule has 0 unspecified atom stereocenters. The molecule has 0 spiro atoms. The van der Waals surface area contributed by atoms with Gasteiger partial charge in [-0.05, 0) is 37.2 Å². The van der Waals surface area contributed by atoms with Crippen LogP contribution in [0.5, 0.6) is 0 Å². The summed E-state index contributed by atoms with van der Waals surface area (Å²) in [6, 6.07) is 6.56. The number of thiocarbonyl (C=S) groups is 1. The second-order valence-electron chi connectivity index (χ2n) is 4.30. The molecule has 0 amide bonds.